The van der Waals surface area contributed by atoms with Crippen molar-refractivity contribution in [2.24, 2.45) is 0 Å². The summed E-state index contributed by atoms with van der Waals surface area (Å²) in [6, 6.07) is 1.73. The Morgan fingerprint density at radius 2 is 2.27 bits per heavy atom. The maximum absolute atomic E-state index is 11.5. The molecule has 0 aromatic carbocycles. The number of carbonyl (C=O) groups excluding carboxylic acids is 1. The van der Waals surface area contributed by atoms with Crippen LogP contribution in [-0.2, 0) is 25.1 Å². The lowest BCUT2D eigenvalue weighted by Gasteiger charge is -2.02. The van der Waals surface area contributed by atoms with Crippen LogP contribution in [0.2, 0.25) is 0 Å². The topological polar surface area (TPSA) is 60.4 Å². The molecule has 6 heteroatoms. The van der Waals surface area contributed by atoms with Crippen molar-refractivity contribution in [3.8, 4) is 0 Å². The highest BCUT2D eigenvalue weighted by Gasteiger charge is 2.18. The number of rotatable bonds is 5. The van der Waals surface area contributed by atoms with E-state index in [0.717, 1.165) is 0 Å². The molecule has 1 aromatic heterocycles. The van der Waals surface area contributed by atoms with Crippen LogP contribution in [0.3, 0.4) is 0 Å². The van der Waals surface area contributed by atoms with Crippen molar-refractivity contribution in [3.63, 3.8) is 0 Å². The summed E-state index contributed by atoms with van der Waals surface area (Å²) in [5.41, 5.74) is 0.712. The third-order valence-corrected chi connectivity index (χ3v) is 3.79. The van der Waals surface area contributed by atoms with Crippen molar-refractivity contribution in [2.45, 2.75) is 12.7 Å². The summed E-state index contributed by atoms with van der Waals surface area (Å²) in [6.07, 6.45) is 0. The number of hydrogen-bond acceptors (Lipinski definition) is 5. The molecule has 15 heavy (non-hydrogen) atoms. The van der Waals surface area contributed by atoms with E-state index in [1.165, 1.54) is 11.3 Å². The van der Waals surface area contributed by atoms with Gasteiger partial charge in [0.15, 0.2) is 9.84 Å². The molecule has 0 spiro atoms. The predicted octanol–water partition coefficient (Wildman–Crippen LogP) is 1.23. The molecule has 4 nitrogen and oxygen atoms in total. The highest BCUT2D eigenvalue weighted by Crippen LogP contribution is 2.10. The number of esters is 1. The smallest absolute Gasteiger partial charge is 0.321 e. The van der Waals surface area contributed by atoms with Crippen molar-refractivity contribution in [1.82, 2.24) is 0 Å². The van der Waals surface area contributed by atoms with Gasteiger partial charge in [-0.05, 0) is 29.3 Å². The third-order valence-electron chi connectivity index (χ3n) is 1.61. The number of carbonyl (C=O) groups is 1. The van der Waals surface area contributed by atoms with Gasteiger partial charge in [0, 0.05) is 0 Å². The van der Waals surface area contributed by atoms with Gasteiger partial charge in [0.1, 0.15) is 5.75 Å². The van der Waals surface area contributed by atoms with Crippen molar-refractivity contribution >= 4 is 27.1 Å². The van der Waals surface area contributed by atoms with Crippen molar-refractivity contribution in [1.29, 1.82) is 0 Å². The fourth-order valence-corrected chi connectivity index (χ4v) is 3.07. The molecular weight excluding hydrogens is 236 g/mol. The van der Waals surface area contributed by atoms with Crippen LogP contribution in [0, 0.1) is 0 Å². The van der Waals surface area contributed by atoms with Gasteiger partial charge in [-0.1, -0.05) is 0 Å². The van der Waals surface area contributed by atoms with E-state index in [0.29, 0.717) is 5.56 Å². The van der Waals surface area contributed by atoms with Gasteiger partial charge in [-0.25, -0.2) is 8.42 Å². The van der Waals surface area contributed by atoms with E-state index < -0.39 is 21.6 Å². The average Bonchev–Trinajstić information content (AvgIpc) is 2.54. The first kappa shape index (κ1) is 12.2. The maximum atomic E-state index is 11.5. The van der Waals surface area contributed by atoms with Crippen molar-refractivity contribution in [3.05, 3.63) is 22.4 Å². The Bertz CT molecular complexity index is 405. The van der Waals surface area contributed by atoms with Gasteiger partial charge in [0.05, 0.1) is 12.4 Å². The second-order valence-electron chi connectivity index (χ2n) is 2.97. The van der Waals surface area contributed by atoms with Crippen LogP contribution in [-0.4, -0.2) is 26.7 Å². The van der Waals surface area contributed by atoms with Crippen LogP contribution >= 0.6 is 11.3 Å². The molecule has 1 aromatic rings. The molecule has 0 fully saturated rings. The van der Waals surface area contributed by atoms with Crippen LogP contribution in [0.15, 0.2) is 16.8 Å². The fourth-order valence-electron chi connectivity index (χ4n) is 1.06. The molecule has 0 saturated carbocycles. The Labute approximate surface area is 92.8 Å². The highest BCUT2D eigenvalue weighted by molar-refractivity contribution is 7.91. The van der Waals surface area contributed by atoms with E-state index in [1.807, 2.05) is 0 Å². The van der Waals surface area contributed by atoms with Crippen LogP contribution in [0.25, 0.3) is 0 Å². The molecule has 0 radical (unpaired) electrons. The molecule has 0 aliphatic rings. The van der Waals surface area contributed by atoms with E-state index in [2.05, 4.69) is 4.74 Å². The van der Waals surface area contributed by atoms with Crippen molar-refractivity contribution in [2.75, 3.05) is 12.4 Å². The van der Waals surface area contributed by atoms with E-state index in [9.17, 15) is 13.2 Å². The Hall–Kier alpha value is -0.880. The first-order valence-corrected chi connectivity index (χ1v) is 7.17. The van der Waals surface area contributed by atoms with Crippen LogP contribution in [0.4, 0.5) is 0 Å². The number of ether oxygens (including phenoxy) is 1. The Kier molecular flexibility index (Phi) is 4.28. The van der Waals surface area contributed by atoms with E-state index in [-0.39, 0.29) is 12.4 Å². The molecule has 0 N–H and O–H groups in total. The monoisotopic (exact) mass is 248 g/mol. The molecule has 0 saturated heterocycles. The van der Waals surface area contributed by atoms with E-state index >= 15 is 0 Å². The van der Waals surface area contributed by atoms with Gasteiger partial charge in [0.2, 0.25) is 0 Å². The largest absolute Gasteiger partial charge is 0.465 e. The zero-order valence-electron chi connectivity index (χ0n) is 8.30. The molecule has 1 rings (SSSR count). The molecule has 1 heterocycles. The minimum atomic E-state index is -3.39. The van der Waals surface area contributed by atoms with Gasteiger partial charge >= 0.3 is 5.97 Å². The standard InChI is InChI=1S/C9H12O4S2/c1-2-13-9(10)7-15(11,12)6-8-3-4-14-5-8/h3-5H,2,6-7H2,1H3. The van der Waals surface area contributed by atoms with Crippen LogP contribution in [0.5, 0.6) is 0 Å². The van der Waals surface area contributed by atoms with Crippen LogP contribution < -0.4 is 0 Å². The predicted molar refractivity (Wildman–Crippen MR) is 58.4 cm³/mol. The molecule has 0 bridgehead atoms. The summed E-state index contributed by atoms with van der Waals surface area (Å²) in [5.74, 6) is -1.33. The number of thiophene rings is 1. The first-order valence-electron chi connectivity index (χ1n) is 4.40. The minimum Gasteiger partial charge on any atom is -0.465 e. The zero-order chi connectivity index (χ0) is 11.3. The summed E-state index contributed by atoms with van der Waals surface area (Å²) in [7, 11) is -3.39. The first-order chi connectivity index (χ1) is 7.03. The molecule has 0 atom stereocenters. The summed E-state index contributed by atoms with van der Waals surface area (Å²) >= 11 is 1.43. The van der Waals surface area contributed by atoms with Crippen molar-refractivity contribution < 1.29 is 17.9 Å². The van der Waals surface area contributed by atoms with E-state index in [1.54, 1.807) is 23.8 Å². The Morgan fingerprint density at radius 3 is 2.80 bits per heavy atom. The molecule has 0 amide bonds. The van der Waals surface area contributed by atoms with Gasteiger partial charge in [-0.2, -0.15) is 11.3 Å². The number of sulfone groups is 1. The lowest BCUT2D eigenvalue weighted by Crippen LogP contribution is -2.19. The second kappa shape index (κ2) is 5.27. The lowest BCUT2D eigenvalue weighted by molar-refractivity contribution is -0.139. The van der Waals surface area contributed by atoms with Gasteiger partial charge < -0.3 is 4.74 Å². The Balaban J connectivity index is 2.57. The molecular formula is C9H12O4S2. The second-order valence-corrected chi connectivity index (χ2v) is 5.81. The summed E-state index contributed by atoms with van der Waals surface area (Å²) in [6.45, 7) is 1.84. The normalized spacial score (nSPS) is 11.3. The molecule has 0 aliphatic heterocycles. The van der Waals surface area contributed by atoms with Gasteiger partial charge in [-0.3, -0.25) is 4.79 Å². The lowest BCUT2D eigenvalue weighted by atomic mass is 10.4. The number of hydrogen-bond donors (Lipinski definition) is 0. The highest BCUT2D eigenvalue weighted by atomic mass is 32.2. The molecule has 84 valence electrons. The quantitative estimate of drug-likeness (QED) is 0.735. The SMILES string of the molecule is CCOC(=O)CS(=O)(=O)Cc1ccsc1. The zero-order valence-corrected chi connectivity index (χ0v) is 9.94. The summed E-state index contributed by atoms with van der Waals surface area (Å²) in [4.78, 5) is 11.0. The Morgan fingerprint density at radius 1 is 1.53 bits per heavy atom. The third kappa shape index (κ3) is 4.44. The fraction of sp³-hybridized carbons (Fsp3) is 0.444. The van der Waals surface area contributed by atoms with Crippen LogP contribution in [0.1, 0.15) is 12.5 Å². The molecule has 0 aliphatic carbocycles. The summed E-state index contributed by atoms with van der Waals surface area (Å²) in [5, 5.41) is 3.55. The molecule has 0 unspecified atom stereocenters. The minimum absolute atomic E-state index is 0.102. The van der Waals surface area contributed by atoms with Gasteiger partial charge in [-0.15, -0.1) is 0 Å². The maximum Gasteiger partial charge on any atom is 0.321 e. The van der Waals surface area contributed by atoms with Gasteiger partial charge in [0.25, 0.3) is 0 Å². The van der Waals surface area contributed by atoms with E-state index in [4.69, 9.17) is 0 Å². The summed E-state index contributed by atoms with van der Waals surface area (Å²) < 4.78 is 27.6. The average molecular weight is 248 g/mol.